The van der Waals surface area contributed by atoms with Gasteiger partial charge < -0.3 is 10.2 Å². The summed E-state index contributed by atoms with van der Waals surface area (Å²) in [7, 11) is 0. The fourth-order valence-corrected chi connectivity index (χ4v) is 1.46. The summed E-state index contributed by atoms with van der Waals surface area (Å²) in [6, 6.07) is 7.71. The van der Waals surface area contributed by atoms with Crippen LogP contribution in [0.5, 0.6) is 0 Å². The van der Waals surface area contributed by atoms with Gasteiger partial charge in [-0.2, -0.15) is 0 Å². The summed E-state index contributed by atoms with van der Waals surface area (Å²) in [5.41, 5.74) is 0.331. The Morgan fingerprint density at radius 3 is 2.14 bits per heavy atom. The van der Waals surface area contributed by atoms with Crippen molar-refractivity contribution in [3.63, 3.8) is 0 Å². The quantitative estimate of drug-likeness (QED) is 0.405. The molecule has 6 heteroatoms. The predicted octanol–water partition coefficient (Wildman–Crippen LogP) is 2.21. The number of hydrogen-bond donors (Lipinski definition) is 3. The van der Waals surface area contributed by atoms with Gasteiger partial charge in [0.25, 0.3) is 0 Å². The average Bonchev–Trinajstić information content (AvgIpc) is 2.48. The fourth-order valence-electron chi connectivity index (χ4n) is 1.46. The van der Waals surface area contributed by atoms with Crippen molar-refractivity contribution < 1.29 is 19.8 Å². The molecule has 21 heavy (non-hydrogen) atoms. The van der Waals surface area contributed by atoms with Gasteiger partial charge in [0.05, 0.1) is 5.56 Å². The van der Waals surface area contributed by atoms with Gasteiger partial charge in [-0.15, -0.1) is 0 Å². The van der Waals surface area contributed by atoms with Crippen LogP contribution in [0.4, 0.5) is 0 Å². The highest BCUT2D eigenvalue weighted by Crippen LogP contribution is 1.98. The molecule has 0 amide bonds. The Kier molecular flexibility index (Phi) is 9.83. The number of carboxylic acids is 2. The smallest absolute Gasteiger partial charge is 0.335 e. The van der Waals surface area contributed by atoms with Crippen molar-refractivity contribution in [1.82, 2.24) is 5.01 Å². The Labute approximate surface area is 125 Å². The second kappa shape index (κ2) is 10.8. The van der Waals surface area contributed by atoms with E-state index in [4.69, 9.17) is 16.1 Å². The molecule has 0 aliphatic heterocycles. The minimum atomic E-state index is -0.879. The van der Waals surface area contributed by atoms with Gasteiger partial charge >= 0.3 is 11.9 Å². The lowest BCUT2D eigenvalue weighted by molar-refractivity contribution is -0.142. The van der Waals surface area contributed by atoms with Crippen molar-refractivity contribution >= 4 is 11.9 Å². The van der Waals surface area contributed by atoms with Gasteiger partial charge in [0.2, 0.25) is 0 Å². The normalized spacial score (nSPS) is 11.4. The number of hydrogen-bond acceptors (Lipinski definition) is 4. The van der Waals surface area contributed by atoms with Gasteiger partial charge in [0.1, 0.15) is 6.04 Å². The van der Waals surface area contributed by atoms with Crippen LogP contribution < -0.4 is 5.84 Å². The molecule has 4 N–H and O–H groups in total. The van der Waals surface area contributed by atoms with E-state index in [9.17, 15) is 9.59 Å². The van der Waals surface area contributed by atoms with Crippen molar-refractivity contribution in [2.75, 3.05) is 6.54 Å². The summed E-state index contributed by atoms with van der Waals surface area (Å²) in [5, 5.41) is 18.3. The first-order valence-corrected chi connectivity index (χ1v) is 6.92. The number of carboxylic acid groups (broad SMARTS) is 2. The van der Waals surface area contributed by atoms with Crippen LogP contribution in [0.3, 0.4) is 0 Å². The maximum Gasteiger partial charge on any atom is 0.335 e. The molecule has 0 aliphatic carbocycles. The summed E-state index contributed by atoms with van der Waals surface area (Å²) in [6.07, 6.45) is 3.18. The van der Waals surface area contributed by atoms with Crippen LogP contribution in [0, 0.1) is 0 Å². The van der Waals surface area contributed by atoms with E-state index in [1.165, 1.54) is 5.01 Å². The van der Waals surface area contributed by atoms with Crippen LogP contribution in [0.1, 0.15) is 43.5 Å². The Morgan fingerprint density at radius 1 is 1.19 bits per heavy atom. The molecule has 0 saturated carbocycles. The van der Waals surface area contributed by atoms with Crippen molar-refractivity contribution in [2.45, 2.75) is 39.2 Å². The topological polar surface area (TPSA) is 104 Å². The van der Waals surface area contributed by atoms with Crippen LogP contribution in [0.15, 0.2) is 30.3 Å². The van der Waals surface area contributed by atoms with Gasteiger partial charge in [0, 0.05) is 6.54 Å². The third-order valence-corrected chi connectivity index (χ3v) is 2.90. The molecule has 0 aliphatic rings. The van der Waals surface area contributed by atoms with Gasteiger partial charge in [0.15, 0.2) is 0 Å². The van der Waals surface area contributed by atoms with Gasteiger partial charge in [-0.3, -0.25) is 10.6 Å². The molecule has 0 aromatic heterocycles. The largest absolute Gasteiger partial charge is 0.480 e. The van der Waals surface area contributed by atoms with E-state index in [0.29, 0.717) is 12.1 Å². The highest BCUT2D eigenvalue weighted by Gasteiger charge is 2.16. The molecule has 1 rings (SSSR count). The first kappa shape index (κ1) is 19.1. The summed E-state index contributed by atoms with van der Waals surface area (Å²) >= 11 is 0. The third kappa shape index (κ3) is 8.78. The Balaban J connectivity index is 0.000000394. The molecular weight excluding hydrogens is 272 g/mol. The maximum atomic E-state index is 10.5. The molecule has 0 radical (unpaired) electrons. The van der Waals surface area contributed by atoms with Crippen LogP contribution >= 0.6 is 0 Å². The van der Waals surface area contributed by atoms with Crippen molar-refractivity contribution in [1.29, 1.82) is 0 Å². The van der Waals surface area contributed by atoms with Crippen molar-refractivity contribution in [3.8, 4) is 0 Å². The zero-order valence-corrected chi connectivity index (χ0v) is 12.5. The second-order valence-corrected chi connectivity index (χ2v) is 4.63. The zero-order chi connectivity index (χ0) is 16.3. The number of nitrogens with zero attached hydrogens (tertiary/aromatic N) is 1. The van der Waals surface area contributed by atoms with Crippen LogP contribution in [-0.2, 0) is 4.79 Å². The number of rotatable bonds is 7. The summed E-state index contributed by atoms with van der Waals surface area (Å²) < 4.78 is 0. The number of hydrazine groups is 1. The average molecular weight is 296 g/mol. The standard InChI is InChI=1S/C8H18N2O2.C7H6O2/c1-3-4-5-6-10(9)7(2)8(11)12;8-7(9)6-4-2-1-3-5-6/h7H,3-6,9H2,1-2H3,(H,11,12);1-5H,(H,8,9). The highest BCUT2D eigenvalue weighted by atomic mass is 16.4. The molecule has 0 spiro atoms. The van der Waals surface area contributed by atoms with Gasteiger partial charge in [-0.05, 0) is 25.5 Å². The molecule has 1 unspecified atom stereocenters. The summed E-state index contributed by atoms with van der Waals surface area (Å²) in [6.45, 7) is 4.34. The molecule has 1 aromatic carbocycles. The first-order valence-electron chi connectivity index (χ1n) is 6.92. The summed E-state index contributed by atoms with van der Waals surface area (Å²) in [4.78, 5) is 20.7. The lowest BCUT2D eigenvalue weighted by atomic mass is 10.2. The number of benzene rings is 1. The van der Waals surface area contributed by atoms with E-state index in [1.807, 2.05) is 0 Å². The minimum absolute atomic E-state index is 0.331. The van der Waals surface area contributed by atoms with E-state index >= 15 is 0 Å². The number of unbranched alkanes of at least 4 members (excludes halogenated alkanes) is 2. The second-order valence-electron chi connectivity index (χ2n) is 4.63. The van der Waals surface area contributed by atoms with Crippen molar-refractivity contribution in [3.05, 3.63) is 35.9 Å². The van der Waals surface area contributed by atoms with Gasteiger partial charge in [-0.1, -0.05) is 38.0 Å². The SMILES string of the molecule is CCCCCN(N)C(C)C(=O)O.O=C(O)c1ccccc1. The van der Waals surface area contributed by atoms with E-state index in [2.05, 4.69) is 6.92 Å². The molecule has 6 nitrogen and oxygen atoms in total. The minimum Gasteiger partial charge on any atom is -0.480 e. The van der Waals surface area contributed by atoms with E-state index in [-0.39, 0.29) is 0 Å². The Hall–Kier alpha value is -1.92. The molecule has 0 heterocycles. The molecule has 0 bridgehead atoms. The van der Waals surface area contributed by atoms with Crippen LogP contribution in [0.25, 0.3) is 0 Å². The number of carbonyl (C=O) groups is 2. The van der Waals surface area contributed by atoms with Crippen LogP contribution in [0.2, 0.25) is 0 Å². The van der Waals surface area contributed by atoms with Crippen LogP contribution in [-0.4, -0.2) is 39.7 Å². The van der Waals surface area contributed by atoms with E-state index < -0.39 is 18.0 Å². The zero-order valence-electron chi connectivity index (χ0n) is 12.5. The lowest BCUT2D eigenvalue weighted by Crippen LogP contribution is -2.44. The molecular formula is C15H24N2O4. The predicted molar refractivity (Wildman–Crippen MR) is 80.9 cm³/mol. The Morgan fingerprint density at radius 2 is 1.76 bits per heavy atom. The number of aliphatic carboxylic acids is 1. The monoisotopic (exact) mass is 296 g/mol. The maximum absolute atomic E-state index is 10.5. The number of nitrogens with two attached hydrogens (primary N) is 1. The molecule has 1 aromatic rings. The molecule has 118 valence electrons. The lowest BCUT2D eigenvalue weighted by Gasteiger charge is -2.19. The third-order valence-electron chi connectivity index (χ3n) is 2.90. The van der Waals surface area contributed by atoms with E-state index in [1.54, 1.807) is 37.3 Å². The molecule has 1 atom stereocenters. The number of aromatic carboxylic acids is 1. The highest BCUT2D eigenvalue weighted by molar-refractivity contribution is 5.87. The Bertz CT molecular complexity index is 423. The van der Waals surface area contributed by atoms with Gasteiger partial charge in [-0.25, -0.2) is 9.80 Å². The first-order chi connectivity index (χ1) is 9.90. The fraction of sp³-hybridized carbons (Fsp3) is 0.467. The van der Waals surface area contributed by atoms with E-state index in [0.717, 1.165) is 19.3 Å². The van der Waals surface area contributed by atoms with Crippen molar-refractivity contribution in [2.24, 2.45) is 5.84 Å². The molecule has 0 saturated heterocycles. The summed E-state index contributed by atoms with van der Waals surface area (Å²) in [5.74, 6) is 3.77. The molecule has 0 fully saturated rings.